The molecule has 212 valence electrons. The average molecular weight is 589 g/mol. The summed E-state index contributed by atoms with van der Waals surface area (Å²) < 4.78 is 69.3. The minimum absolute atomic E-state index is 0.111. The number of benzene rings is 2. The third-order valence-corrected chi connectivity index (χ3v) is 11.2. The first kappa shape index (κ1) is 26.8. The van der Waals surface area contributed by atoms with E-state index in [0.29, 0.717) is 5.56 Å². The Bertz CT molecular complexity index is 1740. The van der Waals surface area contributed by atoms with Crippen molar-refractivity contribution in [3.63, 3.8) is 0 Å². The number of nitrogens with zero attached hydrogens (tertiary/aromatic N) is 3. The SMILES string of the molecule is Cc1cc(CN2C(=O)C(C3=NS(=O)(=O)c4cc(N(C)S(C)(=O)=O)ccc4N3)=C(O)[C@@H]3[C@H]4CC[C@H](C4)[C@@H]32)ccc1F. The summed E-state index contributed by atoms with van der Waals surface area (Å²) in [6.45, 7) is 1.83. The van der Waals surface area contributed by atoms with E-state index in [-0.39, 0.29) is 69.6 Å². The van der Waals surface area contributed by atoms with Crippen LogP contribution in [0.2, 0.25) is 0 Å². The van der Waals surface area contributed by atoms with Gasteiger partial charge in [-0.15, -0.1) is 4.40 Å². The molecule has 0 aromatic heterocycles. The molecule has 4 atom stereocenters. The normalized spacial score (nSPS) is 26.8. The highest BCUT2D eigenvalue weighted by Gasteiger charge is 2.57. The molecular formula is C27H29FN4O6S2. The summed E-state index contributed by atoms with van der Waals surface area (Å²) in [5.41, 5.74) is 1.23. The molecular weight excluding hydrogens is 559 g/mol. The highest BCUT2D eigenvalue weighted by molar-refractivity contribution is 7.92. The van der Waals surface area contributed by atoms with Gasteiger partial charge >= 0.3 is 0 Å². The van der Waals surface area contributed by atoms with Crippen molar-refractivity contribution in [2.75, 3.05) is 22.9 Å². The fourth-order valence-corrected chi connectivity index (χ4v) is 8.33. The summed E-state index contributed by atoms with van der Waals surface area (Å²) in [5, 5.41) is 14.4. The fourth-order valence-electron chi connectivity index (χ4n) is 6.69. The van der Waals surface area contributed by atoms with Gasteiger partial charge in [0.25, 0.3) is 15.9 Å². The highest BCUT2D eigenvalue weighted by Crippen LogP contribution is 2.55. The molecule has 0 spiro atoms. The lowest BCUT2D eigenvalue weighted by atomic mass is 9.77. The number of carbonyl (C=O) groups is 1. The summed E-state index contributed by atoms with van der Waals surface area (Å²) in [4.78, 5) is 15.5. The number of aryl methyl sites for hydroxylation is 1. The van der Waals surface area contributed by atoms with E-state index in [4.69, 9.17) is 0 Å². The number of amides is 1. The lowest BCUT2D eigenvalue weighted by molar-refractivity contribution is -0.134. The zero-order valence-corrected chi connectivity index (χ0v) is 23.8. The van der Waals surface area contributed by atoms with Gasteiger partial charge in [-0.25, -0.2) is 12.8 Å². The molecule has 0 radical (unpaired) electrons. The molecule has 40 heavy (non-hydrogen) atoms. The Kier molecular flexibility index (Phi) is 6.04. The van der Waals surface area contributed by atoms with E-state index in [1.54, 1.807) is 24.0 Å². The number of aliphatic hydroxyl groups is 1. The molecule has 2 N–H and O–H groups in total. The second-order valence-electron chi connectivity index (χ2n) is 11.1. The monoisotopic (exact) mass is 588 g/mol. The lowest BCUT2D eigenvalue weighted by Gasteiger charge is -2.44. The van der Waals surface area contributed by atoms with Crippen LogP contribution in [-0.2, 0) is 31.4 Å². The van der Waals surface area contributed by atoms with Crippen molar-refractivity contribution in [2.45, 2.75) is 43.7 Å². The van der Waals surface area contributed by atoms with Crippen LogP contribution in [0.5, 0.6) is 0 Å². The number of hydrogen-bond acceptors (Lipinski definition) is 7. The standard InChI is InChI=1S/C27H29FN4O6S2/c1-14-10-15(4-8-19(14)28)13-32-24-17-6-5-16(11-17)22(24)25(33)23(27(32)34)26-29-20-9-7-18(31(2)39(3,35)36)12-21(20)40(37,38)30-26/h4,7-10,12,16-17,22,24,33H,5-6,11,13H2,1-3H3,(H,29,30)/t16-,17+,22+,24-/m0/s1. The highest BCUT2D eigenvalue weighted by atomic mass is 32.2. The van der Waals surface area contributed by atoms with Crippen LogP contribution in [0.1, 0.15) is 30.4 Å². The topological polar surface area (TPSA) is 136 Å². The first-order valence-corrected chi connectivity index (χ1v) is 16.2. The van der Waals surface area contributed by atoms with E-state index in [9.17, 15) is 31.1 Å². The average Bonchev–Trinajstić information content (AvgIpc) is 3.50. The molecule has 13 heteroatoms. The number of nitrogens with one attached hydrogen (secondary N) is 1. The first-order chi connectivity index (χ1) is 18.8. The van der Waals surface area contributed by atoms with Gasteiger partial charge in [0.05, 0.1) is 17.6 Å². The Labute approximate surface area is 232 Å². The number of aliphatic hydroxyl groups excluding tert-OH is 1. The summed E-state index contributed by atoms with van der Waals surface area (Å²) in [6, 6.07) is 8.47. The Balaban J connectivity index is 1.41. The maximum atomic E-state index is 14.0. The van der Waals surface area contributed by atoms with Crippen molar-refractivity contribution in [2.24, 2.45) is 22.2 Å². The van der Waals surface area contributed by atoms with Crippen LogP contribution in [0.25, 0.3) is 0 Å². The van der Waals surface area contributed by atoms with Crippen molar-refractivity contribution in [3.8, 4) is 0 Å². The molecule has 2 aromatic rings. The van der Waals surface area contributed by atoms with Gasteiger partial charge in [0.2, 0.25) is 10.0 Å². The quantitative estimate of drug-likeness (QED) is 0.547. The Morgan fingerprint density at radius 3 is 2.60 bits per heavy atom. The first-order valence-electron chi connectivity index (χ1n) is 13.0. The molecule has 2 aliphatic heterocycles. The van der Waals surface area contributed by atoms with E-state index in [0.717, 1.165) is 35.4 Å². The van der Waals surface area contributed by atoms with Crippen LogP contribution in [0.4, 0.5) is 15.8 Å². The number of anilines is 2. The Morgan fingerprint density at radius 2 is 1.90 bits per heavy atom. The van der Waals surface area contributed by atoms with Gasteiger partial charge in [-0.2, -0.15) is 8.42 Å². The molecule has 2 saturated carbocycles. The van der Waals surface area contributed by atoms with E-state index in [1.807, 2.05) is 0 Å². The van der Waals surface area contributed by atoms with Crippen LogP contribution in [0, 0.1) is 30.5 Å². The smallest absolute Gasteiger partial charge is 0.286 e. The van der Waals surface area contributed by atoms with Crippen molar-refractivity contribution < 1.29 is 31.1 Å². The van der Waals surface area contributed by atoms with Crippen molar-refractivity contribution in [1.82, 2.24) is 4.90 Å². The molecule has 0 saturated heterocycles. The van der Waals surface area contributed by atoms with Crippen LogP contribution in [0.15, 0.2) is 57.0 Å². The largest absolute Gasteiger partial charge is 0.511 e. The summed E-state index contributed by atoms with van der Waals surface area (Å²) >= 11 is 0. The second kappa shape index (κ2) is 9.03. The number of amidine groups is 1. The molecule has 2 bridgehead atoms. The van der Waals surface area contributed by atoms with Gasteiger partial charge < -0.3 is 15.3 Å². The second-order valence-corrected chi connectivity index (χ2v) is 14.7. The molecule has 2 fully saturated rings. The maximum absolute atomic E-state index is 14.0. The number of halogens is 1. The molecule has 0 unspecified atom stereocenters. The predicted octanol–water partition coefficient (Wildman–Crippen LogP) is 3.31. The van der Waals surface area contributed by atoms with Crippen LogP contribution < -0.4 is 9.62 Å². The van der Waals surface area contributed by atoms with Crippen molar-refractivity contribution in [3.05, 3.63) is 64.7 Å². The fraction of sp³-hybridized carbons (Fsp3) is 0.407. The molecule has 2 aliphatic carbocycles. The molecule has 6 rings (SSSR count). The van der Waals surface area contributed by atoms with Crippen molar-refractivity contribution >= 4 is 43.2 Å². The third-order valence-electron chi connectivity index (χ3n) is 8.66. The number of rotatable bonds is 5. The van der Waals surface area contributed by atoms with Crippen LogP contribution >= 0.6 is 0 Å². The van der Waals surface area contributed by atoms with Crippen LogP contribution in [-0.4, -0.2) is 57.9 Å². The molecule has 4 aliphatic rings. The lowest BCUT2D eigenvalue weighted by Crippen LogP contribution is -2.53. The molecule has 1 amide bonds. The van der Waals surface area contributed by atoms with Gasteiger partial charge in [0.1, 0.15) is 22.0 Å². The molecule has 10 nitrogen and oxygen atoms in total. The van der Waals surface area contributed by atoms with E-state index < -0.39 is 26.0 Å². The van der Waals surface area contributed by atoms with E-state index in [1.165, 1.54) is 31.3 Å². The van der Waals surface area contributed by atoms with Crippen molar-refractivity contribution in [1.29, 1.82) is 0 Å². The van der Waals surface area contributed by atoms with Crippen LogP contribution in [0.3, 0.4) is 0 Å². The molecule has 2 heterocycles. The van der Waals surface area contributed by atoms with E-state index >= 15 is 0 Å². The zero-order valence-electron chi connectivity index (χ0n) is 22.1. The minimum Gasteiger partial charge on any atom is -0.511 e. The maximum Gasteiger partial charge on any atom is 0.286 e. The third kappa shape index (κ3) is 4.17. The predicted molar refractivity (Wildman–Crippen MR) is 147 cm³/mol. The molecule has 2 aromatic carbocycles. The summed E-state index contributed by atoms with van der Waals surface area (Å²) in [5.74, 6) is -1.33. The zero-order chi connectivity index (χ0) is 28.7. The van der Waals surface area contributed by atoms with E-state index in [2.05, 4.69) is 9.71 Å². The number of hydrogen-bond donors (Lipinski definition) is 2. The number of fused-ring (bicyclic) bond motifs is 6. The van der Waals surface area contributed by atoms with Gasteiger partial charge in [0.15, 0.2) is 5.84 Å². The minimum atomic E-state index is -4.36. The number of sulfonamides is 2. The van der Waals surface area contributed by atoms with Gasteiger partial charge in [0, 0.05) is 25.6 Å². The van der Waals surface area contributed by atoms with Gasteiger partial charge in [-0.1, -0.05) is 12.1 Å². The van der Waals surface area contributed by atoms with Gasteiger partial charge in [-0.05, 0) is 73.4 Å². The number of carbonyl (C=O) groups excluding carboxylic acids is 1. The van der Waals surface area contributed by atoms with Gasteiger partial charge in [-0.3, -0.25) is 9.10 Å². The summed E-state index contributed by atoms with van der Waals surface area (Å²) in [6.07, 6.45) is 3.70. The Hall–Kier alpha value is -3.45. The summed E-state index contributed by atoms with van der Waals surface area (Å²) in [7, 11) is -6.70. The Morgan fingerprint density at radius 1 is 1.18 bits per heavy atom.